The topological polar surface area (TPSA) is 71.1 Å². The van der Waals surface area contributed by atoms with Crippen LogP contribution in [0.15, 0.2) is 59.5 Å². The lowest BCUT2D eigenvalue weighted by Gasteiger charge is -2.31. The van der Waals surface area contributed by atoms with Gasteiger partial charge in [-0.25, -0.2) is 4.98 Å². The molecule has 1 aliphatic heterocycles. The van der Waals surface area contributed by atoms with Gasteiger partial charge in [-0.05, 0) is 62.7 Å². The van der Waals surface area contributed by atoms with E-state index in [1.54, 1.807) is 12.3 Å². The van der Waals surface area contributed by atoms with Crippen LogP contribution in [0.25, 0.3) is 11.5 Å². The Morgan fingerprint density at radius 3 is 2.62 bits per heavy atom. The Kier molecular flexibility index (Phi) is 6.00. The maximum Gasteiger partial charge on any atom is 0.251 e. The highest BCUT2D eigenvalue weighted by Crippen LogP contribution is 2.28. The maximum atomic E-state index is 12.2. The fourth-order valence-corrected chi connectivity index (χ4v) is 3.81. The molecule has 6 heteroatoms. The molecular formula is C23H26N4O2. The Morgan fingerprint density at radius 2 is 1.93 bits per heavy atom. The third kappa shape index (κ3) is 4.90. The molecule has 0 spiro atoms. The van der Waals surface area contributed by atoms with Crippen LogP contribution in [0.4, 0.5) is 0 Å². The predicted octanol–water partition coefficient (Wildman–Crippen LogP) is 3.61. The fraction of sp³-hybridized carbons (Fsp3) is 0.348. The summed E-state index contributed by atoms with van der Waals surface area (Å²) in [5, 5.41) is 0. The lowest BCUT2D eigenvalue weighted by atomic mass is 9.93. The minimum absolute atomic E-state index is 0.118. The van der Waals surface area contributed by atoms with E-state index in [0.29, 0.717) is 24.0 Å². The van der Waals surface area contributed by atoms with E-state index in [1.807, 2.05) is 37.3 Å². The van der Waals surface area contributed by atoms with Crippen LogP contribution in [-0.4, -0.2) is 39.5 Å². The second kappa shape index (κ2) is 9.01. The summed E-state index contributed by atoms with van der Waals surface area (Å²) < 4.78 is 5.51. The van der Waals surface area contributed by atoms with Crippen LogP contribution in [0.1, 0.15) is 36.9 Å². The minimum Gasteiger partial charge on any atom is -0.494 e. The fourth-order valence-electron chi connectivity index (χ4n) is 3.81. The number of benzene rings is 1. The number of ether oxygens (including phenoxy) is 1. The molecule has 1 N–H and O–H groups in total. The number of nitrogens with zero attached hydrogens (tertiary/aromatic N) is 3. The molecule has 2 aromatic heterocycles. The SMILES string of the molecule is CCOc1ccc(CN2CCC(c3cc(=O)[nH]c(-c4ccccn4)n3)CC2)cc1. The number of pyridine rings is 1. The summed E-state index contributed by atoms with van der Waals surface area (Å²) >= 11 is 0. The first-order valence-corrected chi connectivity index (χ1v) is 10.2. The molecule has 0 bridgehead atoms. The molecule has 0 aliphatic carbocycles. The molecule has 6 nitrogen and oxygen atoms in total. The van der Waals surface area contributed by atoms with Gasteiger partial charge >= 0.3 is 0 Å². The molecule has 4 rings (SSSR count). The van der Waals surface area contributed by atoms with Gasteiger partial charge in [0.25, 0.3) is 5.56 Å². The van der Waals surface area contributed by atoms with E-state index in [2.05, 4.69) is 27.0 Å². The highest BCUT2D eigenvalue weighted by Gasteiger charge is 2.22. The molecule has 0 amide bonds. The molecule has 29 heavy (non-hydrogen) atoms. The Bertz CT molecular complexity index is 978. The number of hydrogen-bond acceptors (Lipinski definition) is 5. The third-order valence-electron chi connectivity index (χ3n) is 5.32. The number of aromatic nitrogens is 3. The standard InChI is InChI=1S/C23H26N4O2/c1-2-29-19-8-6-17(7-9-19)16-27-13-10-18(11-14-27)21-15-22(28)26-23(25-21)20-5-3-4-12-24-20/h3-9,12,15,18H,2,10-11,13-14,16H2,1H3,(H,25,26,28). The quantitative estimate of drug-likeness (QED) is 0.696. The number of likely N-dealkylation sites (tertiary alicyclic amines) is 1. The summed E-state index contributed by atoms with van der Waals surface area (Å²) in [6.07, 6.45) is 3.70. The predicted molar refractivity (Wildman–Crippen MR) is 113 cm³/mol. The van der Waals surface area contributed by atoms with Gasteiger partial charge < -0.3 is 9.72 Å². The van der Waals surface area contributed by atoms with Gasteiger partial charge in [0.1, 0.15) is 11.4 Å². The normalized spacial score (nSPS) is 15.3. The molecule has 1 fully saturated rings. The van der Waals surface area contributed by atoms with Crippen molar-refractivity contribution in [2.24, 2.45) is 0 Å². The van der Waals surface area contributed by atoms with Crippen molar-refractivity contribution in [3.63, 3.8) is 0 Å². The van der Waals surface area contributed by atoms with Crippen molar-refractivity contribution in [3.8, 4) is 17.3 Å². The van der Waals surface area contributed by atoms with Gasteiger partial charge in [0, 0.05) is 24.7 Å². The van der Waals surface area contributed by atoms with Crippen LogP contribution < -0.4 is 10.3 Å². The first-order valence-electron chi connectivity index (χ1n) is 10.2. The van der Waals surface area contributed by atoms with Crippen molar-refractivity contribution >= 4 is 0 Å². The number of aromatic amines is 1. The summed E-state index contributed by atoms with van der Waals surface area (Å²) in [6, 6.07) is 15.6. The molecule has 1 aliphatic rings. The van der Waals surface area contributed by atoms with E-state index in [1.165, 1.54) is 5.56 Å². The Balaban J connectivity index is 1.39. The van der Waals surface area contributed by atoms with Crippen LogP contribution in [0.5, 0.6) is 5.75 Å². The molecule has 150 valence electrons. The second-order valence-electron chi connectivity index (χ2n) is 7.36. The minimum atomic E-state index is -0.118. The lowest BCUT2D eigenvalue weighted by Crippen LogP contribution is -2.33. The van der Waals surface area contributed by atoms with Crippen molar-refractivity contribution in [2.75, 3.05) is 19.7 Å². The lowest BCUT2D eigenvalue weighted by molar-refractivity contribution is 0.203. The number of nitrogens with one attached hydrogen (secondary N) is 1. The zero-order valence-electron chi connectivity index (χ0n) is 16.7. The van der Waals surface area contributed by atoms with Crippen molar-refractivity contribution in [2.45, 2.75) is 32.2 Å². The Morgan fingerprint density at radius 1 is 1.14 bits per heavy atom. The molecule has 0 radical (unpaired) electrons. The van der Waals surface area contributed by atoms with E-state index in [0.717, 1.165) is 43.9 Å². The van der Waals surface area contributed by atoms with Crippen LogP contribution in [0.3, 0.4) is 0 Å². The van der Waals surface area contributed by atoms with E-state index >= 15 is 0 Å². The van der Waals surface area contributed by atoms with Gasteiger partial charge in [-0.3, -0.25) is 14.7 Å². The van der Waals surface area contributed by atoms with Gasteiger partial charge in [-0.2, -0.15) is 0 Å². The first-order chi connectivity index (χ1) is 14.2. The van der Waals surface area contributed by atoms with Gasteiger partial charge in [-0.15, -0.1) is 0 Å². The summed E-state index contributed by atoms with van der Waals surface area (Å²) in [7, 11) is 0. The molecule has 3 heterocycles. The molecule has 0 unspecified atom stereocenters. The Labute approximate surface area is 170 Å². The van der Waals surface area contributed by atoms with E-state index in [9.17, 15) is 4.79 Å². The van der Waals surface area contributed by atoms with E-state index in [-0.39, 0.29) is 5.56 Å². The summed E-state index contributed by atoms with van der Waals surface area (Å²) in [4.78, 5) is 26.4. The highest BCUT2D eigenvalue weighted by molar-refractivity contribution is 5.48. The number of piperidine rings is 1. The largest absolute Gasteiger partial charge is 0.494 e. The molecule has 1 saturated heterocycles. The van der Waals surface area contributed by atoms with Gasteiger partial charge in [-0.1, -0.05) is 18.2 Å². The highest BCUT2D eigenvalue weighted by atomic mass is 16.5. The van der Waals surface area contributed by atoms with E-state index in [4.69, 9.17) is 9.72 Å². The summed E-state index contributed by atoms with van der Waals surface area (Å²) in [6.45, 7) is 5.59. The molecule has 0 atom stereocenters. The molecule has 3 aromatic rings. The number of hydrogen-bond donors (Lipinski definition) is 1. The van der Waals surface area contributed by atoms with Crippen LogP contribution in [-0.2, 0) is 6.54 Å². The average molecular weight is 390 g/mol. The molecule has 0 saturated carbocycles. The Hall–Kier alpha value is -2.99. The van der Waals surface area contributed by atoms with Crippen molar-refractivity contribution in [1.29, 1.82) is 0 Å². The average Bonchev–Trinajstić information content (AvgIpc) is 2.76. The summed E-state index contributed by atoms with van der Waals surface area (Å²) in [5.41, 5.74) is 2.74. The second-order valence-corrected chi connectivity index (χ2v) is 7.36. The molecular weight excluding hydrogens is 364 g/mol. The van der Waals surface area contributed by atoms with Gasteiger partial charge in [0.05, 0.1) is 12.3 Å². The van der Waals surface area contributed by atoms with Gasteiger partial charge in [0.2, 0.25) is 0 Å². The van der Waals surface area contributed by atoms with Crippen molar-refractivity contribution in [1.82, 2.24) is 19.9 Å². The van der Waals surface area contributed by atoms with Crippen LogP contribution in [0, 0.1) is 0 Å². The number of rotatable bonds is 6. The smallest absolute Gasteiger partial charge is 0.251 e. The third-order valence-corrected chi connectivity index (χ3v) is 5.32. The van der Waals surface area contributed by atoms with Crippen molar-refractivity contribution in [3.05, 3.63) is 76.3 Å². The van der Waals surface area contributed by atoms with E-state index < -0.39 is 0 Å². The zero-order chi connectivity index (χ0) is 20.1. The van der Waals surface area contributed by atoms with Crippen LogP contribution >= 0.6 is 0 Å². The molecule has 1 aromatic carbocycles. The van der Waals surface area contributed by atoms with Crippen molar-refractivity contribution < 1.29 is 4.74 Å². The van der Waals surface area contributed by atoms with Gasteiger partial charge in [0.15, 0.2) is 5.82 Å². The van der Waals surface area contributed by atoms with Crippen LogP contribution in [0.2, 0.25) is 0 Å². The number of H-pyrrole nitrogens is 1. The first kappa shape index (κ1) is 19.3. The zero-order valence-corrected chi connectivity index (χ0v) is 16.7. The summed E-state index contributed by atoms with van der Waals surface area (Å²) in [5.74, 6) is 1.76. The monoisotopic (exact) mass is 390 g/mol. The maximum absolute atomic E-state index is 12.2.